The highest BCUT2D eigenvalue weighted by atomic mass is 19.4. The summed E-state index contributed by atoms with van der Waals surface area (Å²) < 4.78 is 40.2. The molecule has 0 fully saturated rings. The maximum Gasteiger partial charge on any atom is 0.573 e. The van der Waals surface area contributed by atoms with Gasteiger partial charge in [-0.2, -0.15) is 5.26 Å². The predicted molar refractivity (Wildman–Crippen MR) is 52.7 cm³/mol. The molecule has 0 amide bonds. The highest BCUT2D eigenvalue weighted by Gasteiger charge is 2.34. The van der Waals surface area contributed by atoms with Crippen LogP contribution in [0.15, 0.2) is 12.1 Å². The minimum Gasteiger partial charge on any atom is -0.478 e. The highest BCUT2D eigenvalue weighted by Crippen LogP contribution is 2.31. The molecule has 3 N–H and O–H groups in total. The van der Waals surface area contributed by atoms with Crippen molar-refractivity contribution in [1.29, 1.82) is 5.26 Å². The van der Waals surface area contributed by atoms with E-state index in [2.05, 4.69) is 4.74 Å². The van der Waals surface area contributed by atoms with Crippen LogP contribution < -0.4 is 10.5 Å². The SMILES string of the molecule is N#Cc1c(C(=O)O)ccc(CN)c1OC(F)(F)F. The molecule has 5 nitrogen and oxygen atoms in total. The summed E-state index contributed by atoms with van der Waals surface area (Å²) >= 11 is 0. The second-order valence-electron chi connectivity index (χ2n) is 3.15. The molecule has 0 heterocycles. The van der Waals surface area contributed by atoms with Gasteiger partial charge in [-0.1, -0.05) is 6.07 Å². The van der Waals surface area contributed by atoms with Crippen molar-refractivity contribution in [2.24, 2.45) is 5.73 Å². The van der Waals surface area contributed by atoms with E-state index >= 15 is 0 Å². The average Bonchev–Trinajstić information content (AvgIpc) is 2.26. The topological polar surface area (TPSA) is 96.3 Å². The minimum atomic E-state index is -5.04. The van der Waals surface area contributed by atoms with Gasteiger partial charge in [-0.25, -0.2) is 4.79 Å². The van der Waals surface area contributed by atoms with Gasteiger partial charge >= 0.3 is 12.3 Å². The lowest BCUT2D eigenvalue weighted by atomic mass is 10.0. The number of halogens is 3. The summed E-state index contributed by atoms with van der Waals surface area (Å²) in [6, 6.07) is 3.46. The van der Waals surface area contributed by atoms with Gasteiger partial charge < -0.3 is 15.6 Å². The van der Waals surface area contributed by atoms with Gasteiger partial charge in [0.2, 0.25) is 0 Å². The zero-order valence-electron chi connectivity index (χ0n) is 8.78. The number of rotatable bonds is 3. The lowest BCUT2D eigenvalue weighted by Gasteiger charge is -2.14. The summed E-state index contributed by atoms with van der Waals surface area (Å²) in [4.78, 5) is 10.8. The molecule has 18 heavy (non-hydrogen) atoms. The predicted octanol–water partition coefficient (Wildman–Crippen LogP) is 1.61. The number of hydrogen-bond acceptors (Lipinski definition) is 4. The van der Waals surface area contributed by atoms with Crippen LogP contribution in [0.1, 0.15) is 21.5 Å². The fourth-order valence-corrected chi connectivity index (χ4v) is 1.31. The Balaban J connectivity index is 3.48. The van der Waals surface area contributed by atoms with E-state index in [1.807, 2.05) is 0 Å². The Morgan fingerprint density at radius 2 is 2.11 bits per heavy atom. The molecule has 0 saturated heterocycles. The second-order valence-corrected chi connectivity index (χ2v) is 3.15. The molecule has 96 valence electrons. The van der Waals surface area contributed by atoms with Gasteiger partial charge in [0.15, 0.2) is 5.75 Å². The molecule has 0 aliphatic rings. The Labute approximate surface area is 99.2 Å². The first-order valence-electron chi connectivity index (χ1n) is 4.55. The molecule has 0 aliphatic heterocycles. The number of ether oxygens (including phenoxy) is 1. The molecule has 8 heteroatoms. The van der Waals surface area contributed by atoms with Gasteiger partial charge in [-0.3, -0.25) is 0 Å². The highest BCUT2D eigenvalue weighted by molar-refractivity contribution is 5.92. The lowest BCUT2D eigenvalue weighted by molar-refractivity contribution is -0.275. The van der Waals surface area contributed by atoms with Crippen LogP contribution in [0.5, 0.6) is 5.75 Å². The second kappa shape index (κ2) is 4.93. The van der Waals surface area contributed by atoms with Crippen molar-refractivity contribution in [2.45, 2.75) is 12.9 Å². The largest absolute Gasteiger partial charge is 0.573 e. The Morgan fingerprint density at radius 1 is 1.50 bits per heavy atom. The molecule has 1 aromatic carbocycles. The third kappa shape index (κ3) is 2.89. The van der Waals surface area contributed by atoms with E-state index in [0.29, 0.717) is 0 Å². The Hall–Kier alpha value is -2.27. The van der Waals surface area contributed by atoms with Crippen LogP contribution in [-0.4, -0.2) is 17.4 Å². The van der Waals surface area contributed by atoms with E-state index in [9.17, 15) is 18.0 Å². The summed E-state index contributed by atoms with van der Waals surface area (Å²) in [6.07, 6.45) is -5.04. The third-order valence-corrected chi connectivity index (χ3v) is 2.02. The molecule has 1 aromatic rings. The number of carboxylic acids is 1. The van der Waals surface area contributed by atoms with Gasteiger partial charge in [0, 0.05) is 12.1 Å². The molecule has 0 unspecified atom stereocenters. The molecule has 0 atom stereocenters. The number of nitriles is 1. The molecule has 0 spiro atoms. The summed E-state index contributed by atoms with van der Waals surface area (Å²) in [5.41, 5.74) is 3.83. The van der Waals surface area contributed by atoms with Crippen molar-refractivity contribution in [3.8, 4) is 11.8 Å². The molecular formula is C10H7F3N2O3. The van der Waals surface area contributed by atoms with E-state index < -0.39 is 29.2 Å². The zero-order valence-corrected chi connectivity index (χ0v) is 8.78. The standard InChI is InChI=1S/C10H7F3N2O3/c11-10(12,13)18-8-5(3-14)1-2-6(9(16)17)7(8)4-15/h1-2H,3,14H2,(H,16,17). The van der Waals surface area contributed by atoms with Crippen molar-refractivity contribution in [2.75, 3.05) is 0 Å². The van der Waals surface area contributed by atoms with Crippen LogP contribution in [0.25, 0.3) is 0 Å². The Morgan fingerprint density at radius 3 is 2.50 bits per heavy atom. The van der Waals surface area contributed by atoms with Crippen LogP contribution in [-0.2, 0) is 6.54 Å². The number of aromatic carboxylic acids is 1. The zero-order chi connectivity index (χ0) is 13.9. The van der Waals surface area contributed by atoms with Crippen LogP contribution >= 0.6 is 0 Å². The lowest BCUT2D eigenvalue weighted by Crippen LogP contribution is -2.20. The number of alkyl halides is 3. The van der Waals surface area contributed by atoms with Crippen molar-refractivity contribution in [1.82, 2.24) is 0 Å². The molecular weight excluding hydrogens is 253 g/mol. The number of carbonyl (C=O) groups is 1. The summed E-state index contributed by atoms with van der Waals surface area (Å²) in [5, 5.41) is 17.5. The van der Waals surface area contributed by atoms with E-state index in [-0.39, 0.29) is 12.1 Å². The van der Waals surface area contributed by atoms with Crippen molar-refractivity contribution in [3.05, 3.63) is 28.8 Å². The minimum absolute atomic E-state index is 0.103. The normalized spacial score (nSPS) is 10.8. The van der Waals surface area contributed by atoms with Gasteiger partial charge in [-0.15, -0.1) is 13.2 Å². The van der Waals surface area contributed by atoms with E-state index in [1.165, 1.54) is 6.07 Å². The van der Waals surface area contributed by atoms with Gasteiger partial charge in [0.1, 0.15) is 11.6 Å². The number of nitrogens with zero attached hydrogens (tertiary/aromatic N) is 1. The summed E-state index contributed by atoms with van der Waals surface area (Å²) in [6.45, 7) is -0.319. The first-order chi connectivity index (χ1) is 8.30. The molecule has 0 bridgehead atoms. The summed E-state index contributed by atoms with van der Waals surface area (Å²) in [7, 11) is 0. The van der Waals surface area contributed by atoms with Gasteiger partial charge in [-0.05, 0) is 6.07 Å². The maximum absolute atomic E-state index is 12.2. The Bertz CT molecular complexity index is 520. The number of nitrogens with two attached hydrogens (primary N) is 1. The fourth-order valence-electron chi connectivity index (χ4n) is 1.31. The smallest absolute Gasteiger partial charge is 0.478 e. The van der Waals surface area contributed by atoms with Gasteiger partial charge in [0.05, 0.1) is 5.56 Å². The van der Waals surface area contributed by atoms with Crippen LogP contribution in [0.2, 0.25) is 0 Å². The number of carboxylic acid groups (broad SMARTS) is 1. The Kier molecular flexibility index (Phi) is 3.78. The quantitative estimate of drug-likeness (QED) is 0.860. The molecule has 0 radical (unpaired) electrons. The molecule has 0 aliphatic carbocycles. The monoisotopic (exact) mass is 260 g/mol. The van der Waals surface area contributed by atoms with E-state index in [1.54, 1.807) is 0 Å². The summed E-state index contributed by atoms with van der Waals surface area (Å²) in [5.74, 6) is -2.39. The van der Waals surface area contributed by atoms with E-state index in [4.69, 9.17) is 16.1 Å². The average molecular weight is 260 g/mol. The third-order valence-electron chi connectivity index (χ3n) is 2.02. The van der Waals surface area contributed by atoms with Crippen molar-refractivity contribution >= 4 is 5.97 Å². The molecule has 1 rings (SSSR count). The number of benzene rings is 1. The fraction of sp³-hybridized carbons (Fsp3) is 0.200. The van der Waals surface area contributed by atoms with Gasteiger partial charge in [0.25, 0.3) is 0 Å². The van der Waals surface area contributed by atoms with Crippen molar-refractivity contribution < 1.29 is 27.8 Å². The maximum atomic E-state index is 12.2. The first kappa shape index (κ1) is 13.8. The van der Waals surface area contributed by atoms with Crippen LogP contribution in [0.4, 0.5) is 13.2 Å². The van der Waals surface area contributed by atoms with Crippen LogP contribution in [0.3, 0.4) is 0 Å². The van der Waals surface area contributed by atoms with E-state index in [0.717, 1.165) is 12.1 Å². The number of hydrogen-bond donors (Lipinski definition) is 2. The molecule has 0 saturated carbocycles. The molecule has 0 aromatic heterocycles. The van der Waals surface area contributed by atoms with Crippen molar-refractivity contribution in [3.63, 3.8) is 0 Å². The first-order valence-corrected chi connectivity index (χ1v) is 4.55. The van der Waals surface area contributed by atoms with Crippen LogP contribution in [0, 0.1) is 11.3 Å².